The highest BCUT2D eigenvalue weighted by molar-refractivity contribution is 6.07. The number of benzene rings is 3. The van der Waals surface area contributed by atoms with Gasteiger partial charge in [-0.05, 0) is 72.9 Å². The van der Waals surface area contributed by atoms with Crippen molar-refractivity contribution in [1.82, 2.24) is 34.6 Å². The number of hydrogen-bond donors (Lipinski definition) is 2. The fraction of sp³-hybridized carbons (Fsp3) is 0.435. The number of piperazine rings is 1. The lowest BCUT2D eigenvalue weighted by molar-refractivity contribution is -0.141. The maximum absolute atomic E-state index is 14.4. The summed E-state index contributed by atoms with van der Waals surface area (Å²) < 4.78 is 68.2. The van der Waals surface area contributed by atoms with E-state index in [-0.39, 0.29) is 29.5 Å². The van der Waals surface area contributed by atoms with Crippen molar-refractivity contribution in [2.75, 3.05) is 90.1 Å². The highest BCUT2D eigenvalue weighted by Crippen LogP contribution is 2.34. The smallest absolute Gasteiger partial charge is 0.416 e. The number of hydrogen-bond acceptors (Lipinski definition) is 12. The van der Waals surface area contributed by atoms with Gasteiger partial charge in [-0.15, -0.1) is 5.10 Å². The van der Waals surface area contributed by atoms with E-state index in [9.17, 15) is 27.6 Å². The number of rotatable bonds is 23. The first-order valence-corrected chi connectivity index (χ1v) is 21.5. The van der Waals surface area contributed by atoms with Crippen LogP contribution in [-0.2, 0) is 56.5 Å². The fourth-order valence-corrected chi connectivity index (χ4v) is 7.15. The Bertz CT molecular complexity index is 2340. The average molecular weight is 904 g/mol. The molecule has 1 aliphatic heterocycles. The van der Waals surface area contributed by atoms with Crippen molar-refractivity contribution in [3.63, 3.8) is 0 Å². The molecule has 348 valence electrons. The SMILES string of the molecule is COC(=O)CCCc1cn(CCOCCOCCOCCN2CCN(Cc3ccc(C(=O)Nc4ccc(C)c(NC(=O)c5cccc(-c6cnn(C)c6)c5)c4)cc3C(F)(F)F)CC2)nn1. The van der Waals surface area contributed by atoms with Gasteiger partial charge in [-0.3, -0.25) is 28.9 Å². The third-order valence-corrected chi connectivity index (χ3v) is 10.8. The Morgan fingerprint density at radius 3 is 2.17 bits per heavy atom. The highest BCUT2D eigenvalue weighted by atomic mass is 19.4. The molecule has 3 aromatic carbocycles. The molecule has 0 saturated carbocycles. The molecule has 1 aliphatic rings. The van der Waals surface area contributed by atoms with Crippen LogP contribution in [-0.4, -0.2) is 132 Å². The molecule has 19 heteroatoms. The second kappa shape index (κ2) is 23.8. The van der Waals surface area contributed by atoms with E-state index < -0.39 is 17.6 Å². The van der Waals surface area contributed by atoms with Crippen LogP contribution in [0.5, 0.6) is 0 Å². The molecule has 0 unspecified atom stereocenters. The number of nitrogens with zero attached hydrogens (tertiary/aromatic N) is 7. The van der Waals surface area contributed by atoms with E-state index in [0.717, 1.165) is 28.5 Å². The van der Waals surface area contributed by atoms with E-state index in [0.29, 0.717) is 115 Å². The number of aryl methyl sites for hydroxylation is 3. The normalized spacial score (nSPS) is 13.5. The summed E-state index contributed by atoms with van der Waals surface area (Å²) in [6.45, 7) is 8.35. The zero-order valence-corrected chi connectivity index (χ0v) is 36.9. The van der Waals surface area contributed by atoms with Gasteiger partial charge in [0.25, 0.3) is 11.8 Å². The number of alkyl halides is 3. The number of aromatic nitrogens is 5. The number of halogens is 3. The third-order valence-electron chi connectivity index (χ3n) is 10.8. The Hall–Kier alpha value is -5.99. The topological polar surface area (TPSA) is 167 Å². The zero-order chi connectivity index (χ0) is 46.2. The van der Waals surface area contributed by atoms with Crippen molar-refractivity contribution in [2.24, 2.45) is 7.05 Å². The summed E-state index contributed by atoms with van der Waals surface area (Å²) in [5, 5.41) is 17.9. The summed E-state index contributed by atoms with van der Waals surface area (Å²) in [5.41, 5.74) is 3.52. The molecule has 0 radical (unpaired) electrons. The second-order valence-electron chi connectivity index (χ2n) is 15.6. The molecule has 0 aliphatic carbocycles. The summed E-state index contributed by atoms with van der Waals surface area (Å²) >= 11 is 0. The molecule has 2 N–H and O–H groups in total. The Morgan fingerprint density at radius 1 is 0.769 bits per heavy atom. The molecule has 0 bridgehead atoms. The first kappa shape index (κ1) is 48.5. The summed E-state index contributed by atoms with van der Waals surface area (Å²) in [4.78, 5) is 42.0. The summed E-state index contributed by atoms with van der Waals surface area (Å²) in [6.07, 6.45) is 2.37. The first-order chi connectivity index (χ1) is 31.3. The van der Waals surface area contributed by atoms with Crippen LogP contribution in [0.25, 0.3) is 11.1 Å². The minimum atomic E-state index is -4.67. The van der Waals surface area contributed by atoms with Gasteiger partial charge >= 0.3 is 12.1 Å². The molecule has 1 saturated heterocycles. The number of esters is 1. The molecule has 65 heavy (non-hydrogen) atoms. The molecule has 2 amide bonds. The average Bonchev–Trinajstić information content (AvgIpc) is 3.95. The van der Waals surface area contributed by atoms with Gasteiger partial charge in [-0.2, -0.15) is 18.3 Å². The number of methoxy groups -OCH3 is 1. The van der Waals surface area contributed by atoms with Crippen molar-refractivity contribution in [3.05, 3.63) is 113 Å². The zero-order valence-electron chi connectivity index (χ0n) is 36.9. The molecule has 5 aromatic rings. The molecule has 2 aromatic heterocycles. The molecule has 3 heterocycles. The lowest BCUT2D eigenvalue weighted by atomic mass is 10.0. The molecular formula is C46H56F3N9O7. The number of anilines is 2. The fourth-order valence-electron chi connectivity index (χ4n) is 7.15. The quantitative estimate of drug-likeness (QED) is 0.0592. The second-order valence-corrected chi connectivity index (χ2v) is 15.6. The van der Waals surface area contributed by atoms with Crippen molar-refractivity contribution in [2.45, 2.75) is 45.5 Å². The lowest BCUT2D eigenvalue weighted by Gasteiger charge is -2.35. The van der Waals surface area contributed by atoms with Crippen LogP contribution in [0.4, 0.5) is 24.5 Å². The van der Waals surface area contributed by atoms with Gasteiger partial charge in [0.05, 0.1) is 70.8 Å². The number of nitrogens with one attached hydrogen (secondary N) is 2. The molecular weight excluding hydrogens is 848 g/mol. The van der Waals surface area contributed by atoms with E-state index >= 15 is 0 Å². The van der Waals surface area contributed by atoms with Crippen molar-refractivity contribution < 1.29 is 46.5 Å². The van der Waals surface area contributed by atoms with E-state index in [1.54, 1.807) is 58.9 Å². The van der Waals surface area contributed by atoms with Gasteiger partial charge in [-0.1, -0.05) is 29.5 Å². The minimum Gasteiger partial charge on any atom is -0.469 e. The van der Waals surface area contributed by atoms with Crippen molar-refractivity contribution >= 4 is 29.2 Å². The van der Waals surface area contributed by atoms with Gasteiger partial charge in [-0.25, -0.2) is 4.68 Å². The van der Waals surface area contributed by atoms with Crippen LogP contribution in [0.1, 0.15) is 55.9 Å². The molecule has 6 rings (SSSR count). The number of amides is 2. The maximum atomic E-state index is 14.4. The number of ether oxygens (including phenoxy) is 4. The largest absolute Gasteiger partial charge is 0.469 e. The summed E-state index contributed by atoms with van der Waals surface area (Å²) in [5.74, 6) is -1.31. The van der Waals surface area contributed by atoms with Crippen molar-refractivity contribution in [1.29, 1.82) is 0 Å². The molecule has 16 nitrogen and oxygen atoms in total. The van der Waals surface area contributed by atoms with Gasteiger partial charge in [0.1, 0.15) is 0 Å². The standard InChI is InChI=1S/C46H56F3N9O7/c1-33-10-13-39(28-42(33)52-45(61)35-7-4-6-34(26-35)38-29-50-55(2)30-38)51-44(60)36-11-12-37(41(27-36)46(47,48)49)31-57-16-14-56(15-17-57)18-20-63-22-24-65-25-23-64-21-19-58-32-40(53-54-58)8-5-9-43(59)62-3/h4,6-7,10-13,26-30,32H,5,8-9,14-25,31H2,1-3H3,(H,51,60)(H,52,61). The van der Waals surface area contributed by atoms with Gasteiger partial charge < -0.3 is 29.6 Å². The maximum Gasteiger partial charge on any atom is 0.416 e. The lowest BCUT2D eigenvalue weighted by Crippen LogP contribution is -2.47. The monoisotopic (exact) mass is 903 g/mol. The van der Waals surface area contributed by atoms with Gasteiger partial charge in [0.15, 0.2) is 0 Å². The van der Waals surface area contributed by atoms with Gasteiger partial charge in [0.2, 0.25) is 0 Å². The van der Waals surface area contributed by atoms with Crippen LogP contribution >= 0.6 is 0 Å². The van der Waals surface area contributed by atoms with Crippen LogP contribution in [0.3, 0.4) is 0 Å². The molecule has 0 atom stereocenters. The molecule has 0 spiro atoms. The third kappa shape index (κ3) is 15.0. The summed E-state index contributed by atoms with van der Waals surface area (Å²) in [6, 6.07) is 15.7. The summed E-state index contributed by atoms with van der Waals surface area (Å²) in [7, 11) is 3.18. The van der Waals surface area contributed by atoms with E-state index in [1.165, 1.54) is 19.2 Å². The number of carbonyl (C=O) groups excluding carboxylic acids is 3. The predicted octanol–water partition coefficient (Wildman–Crippen LogP) is 5.87. The Morgan fingerprint density at radius 2 is 1.46 bits per heavy atom. The van der Waals surface area contributed by atoms with Crippen LogP contribution in [0.2, 0.25) is 0 Å². The minimum absolute atomic E-state index is 0.0927. The Balaban J connectivity index is 0.874. The Kier molecular flexibility index (Phi) is 17.7. The van der Waals surface area contributed by atoms with Crippen LogP contribution in [0, 0.1) is 6.92 Å². The van der Waals surface area contributed by atoms with Gasteiger partial charge in [0, 0.05) is 93.2 Å². The molecule has 1 fully saturated rings. The van der Waals surface area contributed by atoms with Crippen molar-refractivity contribution in [3.8, 4) is 11.1 Å². The first-order valence-electron chi connectivity index (χ1n) is 21.5. The van der Waals surface area contributed by atoms with E-state index in [1.807, 2.05) is 30.4 Å². The van der Waals surface area contributed by atoms with E-state index in [2.05, 4.69) is 35.7 Å². The highest BCUT2D eigenvalue weighted by Gasteiger charge is 2.35. The van der Waals surface area contributed by atoms with Crippen LogP contribution < -0.4 is 10.6 Å². The van der Waals surface area contributed by atoms with Crippen LogP contribution in [0.15, 0.2) is 79.3 Å². The predicted molar refractivity (Wildman–Crippen MR) is 236 cm³/mol. The Labute approximate surface area is 376 Å². The number of carbonyl (C=O) groups is 3. The van der Waals surface area contributed by atoms with E-state index in [4.69, 9.17) is 14.2 Å².